The molecular formula is C27H28N4O4. The van der Waals surface area contributed by atoms with Crippen molar-refractivity contribution in [2.24, 2.45) is 0 Å². The minimum atomic E-state index is -0.727. The number of aliphatic hydroxyl groups excluding tert-OH is 1. The molecule has 8 nitrogen and oxygen atoms in total. The van der Waals surface area contributed by atoms with Crippen molar-refractivity contribution in [1.29, 1.82) is 0 Å². The molecule has 180 valence electrons. The van der Waals surface area contributed by atoms with E-state index in [4.69, 9.17) is 4.74 Å². The maximum Gasteiger partial charge on any atom is 0.259 e. The molecule has 2 amide bonds. The number of aliphatic hydroxyl groups is 1. The molecule has 2 aromatic heterocycles. The first-order valence-electron chi connectivity index (χ1n) is 11.6. The zero-order valence-electron chi connectivity index (χ0n) is 20.0. The molecule has 1 atom stereocenters. The summed E-state index contributed by atoms with van der Waals surface area (Å²) in [7, 11) is 3.90. The van der Waals surface area contributed by atoms with Crippen LogP contribution in [0.5, 0.6) is 0 Å². The lowest BCUT2D eigenvalue weighted by atomic mass is 9.95. The van der Waals surface area contributed by atoms with Crippen molar-refractivity contribution < 1.29 is 19.4 Å². The number of fused-ring (bicyclic) bond motifs is 2. The number of amides is 2. The van der Waals surface area contributed by atoms with Gasteiger partial charge in [-0.2, -0.15) is 0 Å². The van der Waals surface area contributed by atoms with Gasteiger partial charge in [-0.25, -0.2) is 0 Å². The molecule has 0 saturated carbocycles. The Balaban J connectivity index is 1.75. The fourth-order valence-corrected chi connectivity index (χ4v) is 4.83. The maximum absolute atomic E-state index is 13.2. The largest absolute Gasteiger partial charge is 0.389 e. The fourth-order valence-electron chi connectivity index (χ4n) is 4.83. The smallest absolute Gasteiger partial charge is 0.259 e. The molecule has 35 heavy (non-hydrogen) atoms. The first-order chi connectivity index (χ1) is 16.9. The topological polar surface area (TPSA) is 99.6 Å². The van der Waals surface area contributed by atoms with Crippen molar-refractivity contribution in [3.05, 3.63) is 66.0 Å². The van der Waals surface area contributed by atoms with Crippen molar-refractivity contribution in [3.63, 3.8) is 0 Å². The van der Waals surface area contributed by atoms with Crippen LogP contribution in [-0.4, -0.2) is 59.9 Å². The summed E-state index contributed by atoms with van der Waals surface area (Å²) >= 11 is 0. The highest BCUT2D eigenvalue weighted by Crippen LogP contribution is 2.40. The fraction of sp³-hybridized carbons (Fsp3) is 0.259. The highest BCUT2D eigenvalue weighted by atomic mass is 16.5. The molecular weight excluding hydrogens is 444 g/mol. The van der Waals surface area contributed by atoms with E-state index < -0.39 is 17.9 Å². The summed E-state index contributed by atoms with van der Waals surface area (Å²) in [4.78, 5) is 31.4. The van der Waals surface area contributed by atoms with E-state index in [0.29, 0.717) is 28.9 Å². The number of benzene rings is 2. The molecule has 4 aromatic rings. The van der Waals surface area contributed by atoms with E-state index in [1.165, 1.54) is 0 Å². The van der Waals surface area contributed by atoms with Gasteiger partial charge >= 0.3 is 0 Å². The second-order valence-corrected chi connectivity index (χ2v) is 8.86. The van der Waals surface area contributed by atoms with Crippen molar-refractivity contribution in [3.8, 4) is 0 Å². The Kier molecular flexibility index (Phi) is 5.92. The maximum atomic E-state index is 13.2. The van der Waals surface area contributed by atoms with Crippen molar-refractivity contribution >= 4 is 50.5 Å². The van der Waals surface area contributed by atoms with Crippen LogP contribution in [0.4, 0.5) is 5.69 Å². The van der Waals surface area contributed by atoms with Crippen LogP contribution >= 0.6 is 0 Å². The molecule has 8 heteroatoms. The van der Waals surface area contributed by atoms with Crippen molar-refractivity contribution in [1.82, 2.24) is 14.9 Å². The van der Waals surface area contributed by atoms with Crippen LogP contribution in [0.15, 0.2) is 54.9 Å². The van der Waals surface area contributed by atoms with Gasteiger partial charge in [-0.15, -0.1) is 0 Å². The molecule has 0 radical (unpaired) electrons. The van der Waals surface area contributed by atoms with Gasteiger partial charge in [0.25, 0.3) is 11.8 Å². The number of aromatic amines is 1. The molecule has 3 heterocycles. The number of carbonyl (C=O) groups excluding carboxylic acids is 2. The lowest BCUT2D eigenvalue weighted by Crippen LogP contribution is -2.23. The van der Waals surface area contributed by atoms with Crippen LogP contribution < -0.4 is 10.2 Å². The van der Waals surface area contributed by atoms with E-state index in [9.17, 15) is 14.7 Å². The molecule has 0 fully saturated rings. The third-order valence-electron chi connectivity index (χ3n) is 6.34. The van der Waals surface area contributed by atoms with E-state index in [1.807, 2.05) is 79.1 Å². The van der Waals surface area contributed by atoms with Crippen LogP contribution in [0.3, 0.4) is 0 Å². The van der Waals surface area contributed by atoms with E-state index >= 15 is 0 Å². The van der Waals surface area contributed by atoms with Crippen LogP contribution in [-0.2, 0) is 20.9 Å². The number of para-hydroxylation sites is 2. The molecule has 1 unspecified atom stereocenters. The van der Waals surface area contributed by atoms with Crippen LogP contribution in [0.1, 0.15) is 18.1 Å². The first-order valence-corrected chi connectivity index (χ1v) is 11.6. The molecule has 1 aliphatic rings. The van der Waals surface area contributed by atoms with E-state index in [0.717, 1.165) is 27.5 Å². The van der Waals surface area contributed by atoms with Gasteiger partial charge in [0.2, 0.25) is 0 Å². The zero-order valence-corrected chi connectivity index (χ0v) is 20.0. The monoisotopic (exact) mass is 472 g/mol. The number of nitrogens with one attached hydrogen (secondary N) is 2. The molecule has 0 spiro atoms. The number of imide groups is 1. The lowest BCUT2D eigenvalue weighted by molar-refractivity contribution is -0.122. The highest BCUT2D eigenvalue weighted by Gasteiger charge is 2.35. The van der Waals surface area contributed by atoms with E-state index in [-0.39, 0.29) is 13.2 Å². The number of anilines is 1. The van der Waals surface area contributed by atoms with Gasteiger partial charge in [0.15, 0.2) is 0 Å². The third-order valence-corrected chi connectivity index (χ3v) is 6.34. The summed E-state index contributed by atoms with van der Waals surface area (Å²) < 4.78 is 7.35. The number of hydrogen-bond donors (Lipinski definition) is 3. The van der Waals surface area contributed by atoms with Crippen molar-refractivity contribution in [2.75, 3.05) is 32.2 Å². The second kappa shape index (κ2) is 9.05. The summed E-state index contributed by atoms with van der Waals surface area (Å²) in [5.41, 5.74) is 4.71. The molecule has 5 rings (SSSR count). The highest BCUT2D eigenvalue weighted by molar-refractivity contribution is 6.50. The van der Waals surface area contributed by atoms with Gasteiger partial charge in [-0.1, -0.05) is 30.3 Å². The van der Waals surface area contributed by atoms with Gasteiger partial charge in [0.1, 0.15) is 0 Å². The molecule has 0 bridgehead atoms. The number of hydrogen-bond acceptors (Lipinski definition) is 5. The summed E-state index contributed by atoms with van der Waals surface area (Å²) in [6.45, 7) is 2.89. The average molecular weight is 473 g/mol. The quantitative estimate of drug-likeness (QED) is 0.342. The normalized spacial score (nSPS) is 14.9. The Labute approximate surface area is 202 Å². The standard InChI is InChI=1S/C27H28N4O4/c1-4-35-15-16(32)13-31-14-20(18-9-7-11-22(25(18)31)30(2)3)24-23(26(33)29-27(24)34)19-12-28-21-10-6-5-8-17(19)21/h5-12,14,16,28,32H,4,13,15H2,1-3H3,(H,29,33,34). The van der Waals surface area contributed by atoms with Gasteiger partial charge < -0.3 is 24.3 Å². The number of aromatic nitrogens is 2. The predicted octanol–water partition coefficient (Wildman–Crippen LogP) is 3.15. The first kappa shape index (κ1) is 22.9. The zero-order chi connectivity index (χ0) is 24.7. The Morgan fingerprint density at radius 2 is 1.71 bits per heavy atom. The summed E-state index contributed by atoms with van der Waals surface area (Å²) in [6.07, 6.45) is 2.90. The predicted molar refractivity (Wildman–Crippen MR) is 137 cm³/mol. The van der Waals surface area contributed by atoms with E-state index in [2.05, 4.69) is 10.3 Å². The number of ether oxygens (including phenoxy) is 1. The summed E-state index contributed by atoms with van der Waals surface area (Å²) in [5.74, 6) is -0.852. The Morgan fingerprint density at radius 3 is 2.46 bits per heavy atom. The Bertz CT molecular complexity index is 1480. The number of rotatable bonds is 8. The molecule has 2 aromatic carbocycles. The summed E-state index contributed by atoms with van der Waals surface area (Å²) in [6, 6.07) is 13.6. The minimum absolute atomic E-state index is 0.206. The molecule has 3 N–H and O–H groups in total. The van der Waals surface area contributed by atoms with Gasteiger partial charge in [0, 0.05) is 60.5 Å². The van der Waals surface area contributed by atoms with E-state index in [1.54, 1.807) is 6.20 Å². The second-order valence-electron chi connectivity index (χ2n) is 8.86. The lowest BCUT2D eigenvalue weighted by Gasteiger charge is -2.18. The number of carbonyl (C=O) groups is 2. The van der Waals surface area contributed by atoms with Crippen LogP contribution in [0, 0.1) is 0 Å². The SMILES string of the molecule is CCOCC(O)Cn1cc(C2=C(c3c[nH]c4ccccc34)C(=O)NC2=O)c2cccc(N(C)C)c21. The van der Waals surface area contributed by atoms with Gasteiger partial charge in [0.05, 0.1) is 41.6 Å². The number of nitrogens with zero attached hydrogens (tertiary/aromatic N) is 2. The Hall–Kier alpha value is -3.88. The molecule has 0 aliphatic carbocycles. The summed E-state index contributed by atoms with van der Waals surface area (Å²) in [5, 5.41) is 14.8. The van der Waals surface area contributed by atoms with Crippen molar-refractivity contribution in [2.45, 2.75) is 19.6 Å². The average Bonchev–Trinajstić information content (AvgIpc) is 3.50. The molecule has 1 aliphatic heterocycles. The minimum Gasteiger partial charge on any atom is -0.389 e. The molecule has 0 saturated heterocycles. The Morgan fingerprint density at radius 1 is 1.00 bits per heavy atom. The van der Waals surface area contributed by atoms with Gasteiger partial charge in [-0.3, -0.25) is 14.9 Å². The van der Waals surface area contributed by atoms with Crippen LogP contribution in [0.25, 0.3) is 33.0 Å². The van der Waals surface area contributed by atoms with Gasteiger partial charge in [-0.05, 0) is 19.1 Å². The number of H-pyrrole nitrogens is 1. The van der Waals surface area contributed by atoms with Crippen LogP contribution in [0.2, 0.25) is 0 Å². The third kappa shape index (κ3) is 3.90.